The third-order valence-corrected chi connectivity index (χ3v) is 4.34. The van der Waals surface area contributed by atoms with Gasteiger partial charge in [-0.2, -0.15) is 0 Å². The van der Waals surface area contributed by atoms with Crippen LogP contribution < -0.4 is 10.1 Å². The van der Waals surface area contributed by atoms with E-state index >= 15 is 0 Å². The highest BCUT2D eigenvalue weighted by molar-refractivity contribution is 5.68. The maximum absolute atomic E-state index is 11.6. The molecule has 0 atom stereocenters. The van der Waals surface area contributed by atoms with Gasteiger partial charge in [0, 0.05) is 19.6 Å². The zero-order chi connectivity index (χ0) is 29.3. The number of terminal acetylenes is 1. The topological polar surface area (TPSA) is 88.1 Å². The summed E-state index contributed by atoms with van der Waals surface area (Å²) in [5, 5.41) is 12.0. The van der Waals surface area contributed by atoms with Gasteiger partial charge in [0.1, 0.15) is 5.60 Å². The number of nitrogens with one attached hydrogen (secondary N) is 1. The fourth-order valence-corrected chi connectivity index (χ4v) is 2.50. The third kappa shape index (κ3) is 22.8. The number of hydrogen-bond donors (Lipinski definition) is 2. The molecule has 0 spiro atoms. The number of benzene rings is 1. The Morgan fingerprint density at radius 1 is 1.22 bits per heavy atom. The van der Waals surface area contributed by atoms with Crippen molar-refractivity contribution in [2.45, 2.75) is 80.3 Å². The van der Waals surface area contributed by atoms with Gasteiger partial charge in [0.15, 0.2) is 11.5 Å². The summed E-state index contributed by atoms with van der Waals surface area (Å²) >= 11 is 0. The Hall–Kier alpha value is -3.40. The van der Waals surface area contributed by atoms with Gasteiger partial charge in [-0.1, -0.05) is 44.2 Å². The maximum atomic E-state index is 11.6. The Kier molecular flexibility index (Phi) is 25.0. The normalized spacial score (nSPS) is 11.9. The molecule has 1 heterocycles. The molecule has 0 saturated carbocycles. The Morgan fingerprint density at radius 3 is 2.11 bits per heavy atom. The fourth-order valence-electron chi connectivity index (χ4n) is 2.50. The zero-order valence-corrected chi connectivity index (χ0v) is 24.5. The molecule has 0 unspecified atom stereocenters. The number of likely N-dealkylation sites (tertiary alicyclic amines) is 1. The molecule has 2 N–H and O–H groups in total. The summed E-state index contributed by atoms with van der Waals surface area (Å²) in [6.07, 6.45) is 11.5. The van der Waals surface area contributed by atoms with Crippen LogP contribution >= 0.6 is 0 Å². The quantitative estimate of drug-likeness (QED) is 0.201. The SMILES string of the molecule is C#CC.C/C=C\C.C=C1CCN(C(=O)OC(C)(C)C)CC1.CC.COc1ccc(CCNC=O)cc1O. The van der Waals surface area contributed by atoms with E-state index in [-0.39, 0.29) is 11.8 Å². The first-order valence-corrected chi connectivity index (χ1v) is 12.6. The molecule has 1 aliphatic heterocycles. The highest BCUT2D eigenvalue weighted by Crippen LogP contribution is 2.26. The molecular formula is C30H50N2O5. The van der Waals surface area contributed by atoms with Crippen LogP contribution in [0.5, 0.6) is 11.5 Å². The molecule has 1 aliphatic rings. The van der Waals surface area contributed by atoms with E-state index in [2.05, 4.69) is 24.2 Å². The number of phenols is 1. The van der Waals surface area contributed by atoms with Gasteiger partial charge >= 0.3 is 6.09 Å². The van der Waals surface area contributed by atoms with E-state index in [1.807, 2.05) is 66.7 Å². The van der Waals surface area contributed by atoms with E-state index < -0.39 is 5.60 Å². The second kappa shape index (κ2) is 24.3. The largest absolute Gasteiger partial charge is 0.504 e. The molecule has 2 amide bonds. The third-order valence-electron chi connectivity index (χ3n) is 4.34. The van der Waals surface area contributed by atoms with Gasteiger partial charge in [-0.3, -0.25) is 4.79 Å². The lowest BCUT2D eigenvalue weighted by molar-refractivity contribution is -0.109. The van der Waals surface area contributed by atoms with Crippen LogP contribution in [0.25, 0.3) is 0 Å². The van der Waals surface area contributed by atoms with Gasteiger partial charge in [0.2, 0.25) is 6.41 Å². The van der Waals surface area contributed by atoms with Crippen LogP contribution in [0.2, 0.25) is 0 Å². The number of amides is 2. The molecule has 1 aromatic rings. The predicted octanol–water partition coefficient (Wildman–Crippen LogP) is 6.51. The number of allylic oxidation sites excluding steroid dienone is 2. The molecule has 2 rings (SSSR count). The Labute approximate surface area is 225 Å². The number of aromatic hydroxyl groups is 1. The fraction of sp³-hybridized carbons (Fsp3) is 0.533. The smallest absolute Gasteiger partial charge is 0.410 e. The van der Waals surface area contributed by atoms with E-state index in [9.17, 15) is 14.7 Å². The van der Waals surface area contributed by atoms with Crippen molar-refractivity contribution in [3.8, 4) is 23.8 Å². The molecule has 0 aromatic heterocycles. The number of piperidine rings is 1. The molecule has 0 radical (unpaired) electrons. The van der Waals surface area contributed by atoms with E-state index in [1.54, 1.807) is 24.0 Å². The minimum absolute atomic E-state index is 0.121. The number of nitrogens with zero attached hydrogens (tertiary/aromatic N) is 1. The molecule has 7 nitrogen and oxygen atoms in total. The molecular weight excluding hydrogens is 468 g/mol. The second-order valence-electron chi connectivity index (χ2n) is 8.50. The van der Waals surface area contributed by atoms with Gasteiger partial charge in [0.25, 0.3) is 0 Å². The summed E-state index contributed by atoms with van der Waals surface area (Å²) in [4.78, 5) is 23.3. The molecule has 37 heavy (non-hydrogen) atoms. The van der Waals surface area contributed by atoms with E-state index in [0.717, 1.165) is 31.5 Å². The van der Waals surface area contributed by atoms with Crippen molar-refractivity contribution in [2.24, 2.45) is 0 Å². The molecule has 0 bridgehead atoms. The van der Waals surface area contributed by atoms with Gasteiger partial charge in [-0.25, -0.2) is 4.79 Å². The Morgan fingerprint density at radius 2 is 1.73 bits per heavy atom. The number of ether oxygens (including phenoxy) is 2. The van der Waals surface area contributed by atoms with Gasteiger partial charge in [-0.15, -0.1) is 12.3 Å². The van der Waals surface area contributed by atoms with Crippen molar-refractivity contribution in [1.82, 2.24) is 10.2 Å². The van der Waals surface area contributed by atoms with E-state index in [1.165, 1.54) is 12.7 Å². The molecule has 1 saturated heterocycles. The van der Waals surface area contributed by atoms with E-state index in [0.29, 0.717) is 25.1 Å². The number of phenolic OH excluding ortho intramolecular Hbond substituents is 1. The van der Waals surface area contributed by atoms with E-state index in [4.69, 9.17) is 9.47 Å². The van der Waals surface area contributed by atoms with Crippen molar-refractivity contribution in [2.75, 3.05) is 26.7 Å². The predicted molar refractivity (Wildman–Crippen MR) is 155 cm³/mol. The van der Waals surface area contributed by atoms with Crippen molar-refractivity contribution in [3.63, 3.8) is 0 Å². The van der Waals surface area contributed by atoms with Gasteiger partial charge in [-0.05, 0) is 78.5 Å². The molecule has 210 valence electrons. The maximum Gasteiger partial charge on any atom is 0.410 e. The minimum Gasteiger partial charge on any atom is -0.504 e. The highest BCUT2D eigenvalue weighted by atomic mass is 16.6. The number of carbonyl (C=O) groups excluding carboxylic acids is 2. The van der Waals surface area contributed by atoms with Crippen LogP contribution in [0.1, 0.15) is 73.8 Å². The molecule has 7 heteroatoms. The summed E-state index contributed by atoms with van der Waals surface area (Å²) in [6.45, 7) is 21.3. The van der Waals surface area contributed by atoms with Gasteiger partial charge in [0.05, 0.1) is 7.11 Å². The average Bonchev–Trinajstić information content (AvgIpc) is 2.86. The summed E-state index contributed by atoms with van der Waals surface area (Å²) in [7, 11) is 1.50. The van der Waals surface area contributed by atoms with Crippen LogP contribution in [0, 0.1) is 12.3 Å². The second-order valence-corrected chi connectivity index (χ2v) is 8.50. The number of carbonyl (C=O) groups is 2. The van der Waals surface area contributed by atoms with Crippen molar-refractivity contribution < 1.29 is 24.2 Å². The van der Waals surface area contributed by atoms with Crippen LogP contribution in [-0.4, -0.2) is 54.9 Å². The standard InChI is InChI=1S/C11H19NO2.C10H13NO3.C4H8.C3H4.C2H6/c1-9-5-7-12(8-6-9)10(13)14-11(2,3)4;1-14-10-3-2-8(6-9(10)13)4-5-11-7-12;1-3-4-2;1-3-2;1-2/h1,5-8H2,2-4H3;2-3,6-7,13H,4-5H2,1H3,(H,11,12);3-4H,1-2H3;1H,2H3;1-2H3/b;;4-3-;;. The lowest BCUT2D eigenvalue weighted by atomic mass is 10.1. The van der Waals surface area contributed by atoms with Gasteiger partial charge < -0.3 is 24.8 Å². The summed E-state index contributed by atoms with van der Waals surface area (Å²) in [5.41, 5.74) is 1.79. The van der Waals surface area contributed by atoms with Crippen molar-refractivity contribution in [1.29, 1.82) is 0 Å². The zero-order valence-electron chi connectivity index (χ0n) is 24.5. The van der Waals surface area contributed by atoms with Crippen molar-refractivity contribution in [3.05, 3.63) is 48.1 Å². The number of methoxy groups -OCH3 is 1. The lowest BCUT2D eigenvalue weighted by Gasteiger charge is -2.30. The monoisotopic (exact) mass is 518 g/mol. The van der Waals surface area contributed by atoms with Crippen LogP contribution in [0.3, 0.4) is 0 Å². The van der Waals surface area contributed by atoms with Crippen LogP contribution in [0.4, 0.5) is 4.79 Å². The highest BCUT2D eigenvalue weighted by Gasteiger charge is 2.23. The number of hydrogen-bond acceptors (Lipinski definition) is 5. The minimum atomic E-state index is -0.397. The molecule has 0 aliphatic carbocycles. The summed E-state index contributed by atoms with van der Waals surface area (Å²) < 4.78 is 10.2. The molecule has 1 aromatic carbocycles. The Balaban J connectivity index is -0.000000475. The molecule has 1 fully saturated rings. The van der Waals surface area contributed by atoms with Crippen LogP contribution in [0.15, 0.2) is 42.5 Å². The van der Waals surface area contributed by atoms with Crippen LogP contribution in [-0.2, 0) is 16.0 Å². The first-order valence-electron chi connectivity index (χ1n) is 12.6. The lowest BCUT2D eigenvalue weighted by Crippen LogP contribution is -2.40. The Bertz CT molecular complexity index is 806. The van der Waals surface area contributed by atoms with Crippen molar-refractivity contribution >= 4 is 12.5 Å². The summed E-state index contributed by atoms with van der Waals surface area (Å²) in [6, 6.07) is 5.18. The first kappa shape index (κ1) is 38.1. The summed E-state index contributed by atoms with van der Waals surface area (Å²) in [5.74, 6) is 2.83. The number of rotatable bonds is 5. The average molecular weight is 519 g/mol. The first-order chi connectivity index (χ1) is 17.5.